The smallest absolute Gasteiger partial charge is 0.344 e. The molecule has 1 saturated heterocycles. The van der Waals surface area contributed by atoms with E-state index in [1.807, 2.05) is 41.1 Å². The summed E-state index contributed by atoms with van der Waals surface area (Å²) in [5.41, 5.74) is 10.7. The Bertz CT molecular complexity index is 6270. The number of nitrogens with zero attached hydrogens (tertiary/aromatic N) is 21. The van der Waals surface area contributed by atoms with Crippen LogP contribution in [0.4, 0.5) is 40.7 Å². The number of carbonyl (C=O) groups excluding carboxylic acids is 5. The van der Waals surface area contributed by atoms with E-state index in [0.717, 1.165) is 35.1 Å². The highest BCUT2D eigenvalue weighted by molar-refractivity contribution is 7.14. The zero-order valence-corrected chi connectivity index (χ0v) is 69.7. The maximum Gasteiger partial charge on any atom is 0.344 e. The summed E-state index contributed by atoms with van der Waals surface area (Å²) in [5.74, 6) is -1.78. The van der Waals surface area contributed by atoms with Crippen molar-refractivity contribution in [3.63, 3.8) is 0 Å². The highest BCUT2D eigenvalue weighted by Gasteiger charge is 2.34. The Kier molecular flexibility index (Phi) is 28.4. The van der Waals surface area contributed by atoms with Crippen LogP contribution < -0.4 is 21.3 Å². The highest BCUT2D eigenvalue weighted by atomic mass is 32.1. The summed E-state index contributed by atoms with van der Waals surface area (Å²) < 4.78 is 55.7. The number of anilines is 4. The van der Waals surface area contributed by atoms with Gasteiger partial charge in [0.25, 0.3) is 36.6 Å². The summed E-state index contributed by atoms with van der Waals surface area (Å²) in [4.78, 5) is 118. The first kappa shape index (κ1) is 87.2. The van der Waals surface area contributed by atoms with Crippen LogP contribution in [-0.2, 0) is 19.1 Å². The molecule has 1 saturated carbocycles. The van der Waals surface area contributed by atoms with Crippen molar-refractivity contribution in [3.05, 3.63) is 240 Å². The molecule has 47 heteroatoms. The second-order valence-electron chi connectivity index (χ2n) is 27.4. The number of halogens is 3. The number of H-pyrrole nitrogens is 4. The number of allylic oxidation sites excluding steroid dienone is 4. The third kappa shape index (κ3) is 21.4. The zero-order valence-electron chi connectivity index (χ0n) is 66.4. The van der Waals surface area contributed by atoms with Gasteiger partial charge in [-0.25, -0.2) is 37.9 Å². The van der Waals surface area contributed by atoms with Crippen LogP contribution in [0.3, 0.4) is 0 Å². The Morgan fingerprint density at radius 1 is 0.477 bits per heavy atom. The van der Waals surface area contributed by atoms with Gasteiger partial charge < -0.3 is 45.9 Å². The van der Waals surface area contributed by atoms with Gasteiger partial charge >= 0.3 is 6.03 Å². The van der Waals surface area contributed by atoms with E-state index in [1.165, 1.54) is 68.4 Å². The largest absolute Gasteiger partial charge is 0.483 e. The SMILES string of the molecule is O=C(Nc1cn(C(=O)N2CCOCC2)nc1-c1ccccn1)c1csc(-c2cn[nH]c2)n1.O=C(Nc1cn(C2C=C(F)C2)nc1-c1ccccn1)c1csc(-c2cn[nH]c2)n1.O=C(Nc1cn(C2C=C(F)C2)nc1-c1ccccn1)c1csc(-c2cn[nH]c2)n1.O=C(Nc1cn(C2CC(OCCF)C2)nc1-c1ccccn1)c1csc(-c2cn[nH]c2)n1.O=CO.O=CO. The molecular weight excluding hydrogens is 1740 g/mol. The lowest BCUT2D eigenvalue weighted by Gasteiger charge is -2.34. The molecule has 3 aliphatic carbocycles. The minimum Gasteiger partial charge on any atom is -0.483 e. The lowest BCUT2D eigenvalue weighted by molar-refractivity contribution is -0.123. The number of amides is 5. The number of nitrogens with one attached hydrogen (secondary N) is 8. The van der Waals surface area contributed by atoms with Crippen LogP contribution in [0.5, 0.6) is 0 Å². The van der Waals surface area contributed by atoms with Crippen molar-refractivity contribution in [2.75, 3.05) is 60.9 Å². The number of ether oxygens (including phenoxy) is 2. The quantitative estimate of drug-likeness (QED) is 0.0282. The Morgan fingerprint density at radius 2 is 0.797 bits per heavy atom. The first-order valence-corrected chi connectivity index (χ1v) is 42.1. The minimum absolute atomic E-state index is 0.0349. The molecule has 16 aromatic rings. The molecule has 128 heavy (non-hydrogen) atoms. The summed E-state index contributed by atoms with van der Waals surface area (Å²) in [6.45, 7) is 1.05. The molecule has 0 spiro atoms. The number of carboxylic acid groups (broad SMARTS) is 2. The van der Waals surface area contributed by atoms with Crippen LogP contribution in [0.25, 0.3) is 87.8 Å². The van der Waals surface area contributed by atoms with Gasteiger partial charge in [0.1, 0.15) is 83.9 Å². The number of thiazole rings is 4. The second kappa shape index (κ2) is 41.6. The van der Waals surface area contributed by atoms with Gasteiger partial charge in [-0.05, 0) is 73.5 Å². The molecule has 2 fully saturated rings. The normalized spacial score (nSPS) is 15.2. The van der Waals surface area contributed by atoms with E-state index in [4.69, 9.17) is 29.3 Å². The van der Waals surface area contributed by atoms with Gasteiger partial charge in [0.2, 0.25) is 0 Å². The van der Waals surface area contributed by atoms with Gasteiger partial charge in [-0.15, -0.1) is 45.3 Å². The van der Waals surface area contributed by atoms with Gasteiger partial charge in [-0.1, -0.05) is 24.3 Å². The number of hydrogen-bond donors (Lipinski definition) is 10. The van der Waals surface area contributed by atoms with Gasteiger partial charge in [0, 0.05) is 138 Å². The molecule has 17 heterocycles. The fourth-order valence-corrected chi connectivity index (χ4v) is 15.8. The molecule has 2 unspecified atom stereocenters. The Morgan fingerprint density at radius 3 is 1.10 bits per heavy atom. The van der Waals surface area contributed by atoms with Crippen molar-refractivity contribution in [1.29, 1.82) is 0 Å². The number of aromatic amines is 4. The lowest BCUT2D eigenvalue weighted by atomic mass is 9.89. The van der Waals surface area contributed by atoms with Crippen LogP contribution in [-0.4, -0.2) is 223 Å². The van der Waals surface area contributed by atoms with Crippen molar-refractivity contribution in [2.45, 2.75) is 49.9 Å². The van der Waals surface area contributed by atoms with E-state index in [-0.39, 0.29) is 97.7 Å². The molecule has 0 aromatic carbocycles. The van der Waals surface area contributed by atoms with Gasteiger partial charge in [0.05, 0.1) is 121 Å². The molecule has 2 atom stereocenters. The summed E-state index contributed by atoms with van der Waals surface area (Å²) >= 11 is 5.42. The second-order valence-corrected chi connectivity index (χ2v) is 30.8. The van der Waals surface area contributed by atoms with Crippen LogP contribution in [0.1, 0.15) is 85.8 Å². The van der Waals surface area contributed by atoms with Crippen molar-refractivity contribution in [2.24, 2.45) is 0 Å². The molecule has 1 aliphatic heterocycles. The first-order chi connectivity index (χ1) is 62.6. The van der Waals surface area contributed by atoms with E-state index in [1.54, 1.807) is 165 Å². The van der Waals surface area contributed by atoms with E-state index in [2.05, 4.69) is 122 Å². The summed E-state index contributed by atoms with van der Waals surface area (Å²) in [6.07, 6.45) is 31.9. The number of hydrogen-bond acceptors (Lipinski definition) is 29. The topological polar surface area (TPSA) is 519 Å². The molecule has 16 aromatic heterocycles. The van der Waals surface area contributed by atoms with Crippen molar-refractivity contribution >= 4 is 111 Å². The molecule has 5 amide bonds. The maximum absolute atomic E-state index is 13.2. The van der Waals surface area contributed by atoms with Crippen LogP contribution >= 0.6 is 45.3 Å². The molecule has 0 bridgehead atoms. The maximum atomic E-state index is 13.2. The third-order valence-electron chi connectivity index (χ3n) is 19.0. The van der Waals surface area contributed by atoms with E-state index >= 15 is 0 Å². The van der Waals surface area contributed by atoms with Crippen LogP contribution in [0.15, 0.2) is 217 Å². The fourth-order valence-electron chi connectivity index (χ4n) is 12.7. The number of alkyl halides is 1. The number of aromatic nitrogens is 24. The number of morpholine rings is 1. The average molecular weight is 1810 g/mol. The number of carbonyl (C=O) groups is 7. The summed E-state index contributed by atoms with van der Waals surface area (Å²) in [7, 11) is 0. The number of pyridine rings is 4. The fraction of sp³-hybridized carbons (Fsp3) is 0.173. The predicted octanol–water partition coefficient (Wildman–Crippen LogP) is 13.2. The van der Waals surface area contributed by atoms with Crippen LogP contribution in [0, 0.1) is 0 Å². The predicted molar refractivity (Wildman–Crippen MR) is 463 cm³/mol. The van der Waals surface area contributed by atoms with Crippen molar-refractivity contribution in [3.8, 4) is 87.8 Å². The highest BCUT2D eigenvalue weighted by Crippen LogP contribution is 2.40. The van der Waals surface area contributed by atoms with E-state index in [9.17, 15) is 37.1 Å². The molecular formula is C81H70F3N29O11S4. The Balaban J connectivity index is 0.000000129. The van der Waals surface area contributed by atoms with E-state index in [0.29, 0.717) is 132 Å². The molecule has 0 radical (unpaired) electrons. The molecule has 40 nitrogen and oxygen atoms in total. The Labute approximate surface area is 736 Å². The molecule has 650 valence electrons. The first-order valence-electron chi connectivity index (χ1n) is 38.6. The molecule has 10 N–H and O–H groups in total. The average Bonchev–Trinajstić information content (AvgIpc) is 1.88. The van der Waals surface area contributed by atoms with Crippen molar-refractivity contribution < 1.29 is 66.4 Å². The van der Waals surface area contributed by atoms with Gasteiger partial charge in [-0.2, -0.15) is 45.5 Å². The summed E-state index contributed by atoms with van der Waals surface area (Å²) in [6, 6.07) is 21.3. The zero-order chi connectivity index (χ0) is 88.8. The minimum atomic E-state index is -0.484. The van der Waals surface area contributed by atoms with Crippen molar-refractivity contribution in [1.82, 2.24) is 125 Å². The standard InChI is InChI=1S/C21H20FN7O2S.C20H18N8O3S.2C19H14FN7OS.2CH2O2/c22-4-6-31-15-7-14(8-15)29-11-17(19(28-29)16-3-1-2-5-23-16)26-20(30)18-12-32-21(27-18)13-9-24-25-10-13;29-18(16-12-32-19(25-16)13-9-22-23-10-13)24-15-11-28(20(30)27-5-7-31-8-6-27)26-17(15)14-3-1-2-4-21-14;2*20-12-5-13(6-12)27-9-15(17(26-27)14-3-1-2-4-21-14)24-18(28)16-10-29-19(25-16)11-7-22-23-8-11;2*2-1-3/h1-3,5,9-12,14-15H,4,6-8H2,(H,24,25)(H,26,30);1-4,9-12H,5-8H2,(H,22,23)(H,24,29);2*1-5,7-10,13H,6H2,(H,22,23)(H,24,28);2*1H,(H,2,3). The van der Waals surface area contributed by atoms with Gasteiger partial charge in [-0.3, -0.25) is 83.1 Å². The Hall–Kier alpha value is -15.7. The number of rotatable bonds is 22. The summed E-state index contributed by atoms with van der Waals surface area (Å²) in [5, 5.41) is 79.5. The monoisotopic (exact) mass is 1810 g/mol. The van der Waals surface area contributed by atoms with Crippen LogP contribution in [0.2, 0.25) is 0 Å². The molecule has 4 aliphatic rings. The lowest BCUT2D eigenvalue weighted by Crippen LogP contribution is -2.43. The molecule has 20 rings (SSSR count). The third-order valence-corrected chi connectivity index (χ3v) is 22.6. The van der Waals surface area contributed by atoms with Gasteiger partial charge in [0.15, 0.2) is 0 Å². The van der Waals surface area contributed by atoms with E-state index < -0.39 is 12.6 Å².